The number of ether oxygens (including phenoxy) is 2. The second-order valence-electron chi connectivity index (χ2n) is 8.57. The Morgan fingerprint density at radius 3 is 2.41 bits per heavy atom. The average molecular weight is 486 g/mol. The third-order valence-corrected chi connectivity index (χ3v) is 8.32. The van der Waals surface area contributed by atoms with Crippen molar-refractivity contribution >= 4 is 27.7 Å². The first-order valence-corrected chi connectivity index (χ1v) is 12.3. The topological polar surface area (TPSA) is 122 Å². The Hall–Kier alpha value is -3.44. The van der Waals surface area contributed by atoms with Crippen LogP contribution in [-0.2, 0) is 20.4 Å². The SMILES string of the molecule is C[C@@]1(c2ccc3c(c2)OCO3)NC(=O)N(CC(=O)c2ccc(S(=O)(=O)N3CCCC3)cc2)C1=O. The molecule has 2 fully saturated rings. The fourth-order valence-corrected chi connectivity index (χ4v) is 5.89. The summed E-state index contributed by atoms with van der Waals surface area (Å²) in [6.45, 7) is 2.14. The highest BCUT2D eigenvalue weighted by Gasteiger charge is 2.50. The lowest BCUT2D eigenvalue weighted by molar-refractivity contribution is -0.130. The van der Waals surface area contributed by atoms with Crippen molar-refractivity contribution in [1.82, 2.24) is 14.5 Å². The van der Waals surface area contributed by atoms with Crippen LogP contribution in [0, 0.1) is 0 Å². The first kappa shape index (κ1) is 22.4. The highest BCUT2D eigenvalue weighted by molar-refractivity contribution is 7.89. The van der Waals surface area contributed by atoms with Gasteiger partial charge in [0.25, 0.3) is 5.91 Å². The van der Waals surface area contributed by atoms with Crippen molar-refractivity contribution in [2.24, 2.45) is 0 Å². The third kappa shape index (κ3) is 3.61. The van der Waals surface area contributed by atoms with E-state index in [9.17, 15) is 22.8 Å². The molecule has 5 rings (SSSR count). The summed E-state index contributed by atoms with van der Waals surface area (Å²) in [4.78, 5) is 39.6. The number of carbonyl (C=O) groups is 3. The van der Waals surface area contributed by atoms with E-state index < -0.39 is 39.8 Å². The number of ketones is 1. The zero-order valence-corrected chi connectivity index (χ0v) is 19.3. The van der Waals surface area contributed by atoms with Gasteiger partial charge in [0.2, 0.25) is 16.8 Å². The second kappa shape index (κ2) is 8.10. The minimum Gasteiger partial charge on any atom is -0.454 e. The summed E-state index contributed by atoms with van der Waals surface area (Å²) in [6, 6.07) is 9.83. The van der Waals surface area contributed by atoms with Crippen LogP contribution in [0.25, 0.3) is 0 Å². The Bertz CT molecular complexity index is 1290. The van der Waals surface area contributed by atoms with Crippen LogP contribution in [0.15, 0.2) is 47.4 Å². The summed E-state index contributed by atoms with van der Waals surface area (Å²) < 4.78 is 37.4. The molecule has 3 amide bonds. The van der Waals surface area contributed by atoms with Crippen molar-refractivity contribution in [2.75, 3.05) is 26.4 Å². The summed E-state index contributed by atoms with van der Waals surface area (Å²) in [5.74, 6) is -0.0351. The van der Waals surface area contributed by atoms with Crippen molar-refractivity contribution in [3.63, 3.8) is 0 Å². The molecule has 34 heavy (non-hydrogen) atoms. The fraction of sp³-hybridized carbons (Fsp3) is 0.348. The summed E-state index contributed by atoms with van der Waals surface area (Å²) in [7, 11) is -3.60. The Labute approximate surface area is 196 Å². The highest BCUT2D eigenvalue weighted by Crippen LogP contribution is 2.37. The first-order valence-electron chi connectivity index (χ1n) is 10.9. The Balaban J connectivity index is 1.32. The van der Waals surface area contributed by atoms with E-state index in [0.29, 0.717) is 30.2 Å². The molecule has 1 N–H and O–H groups in total. The highest BCUT2D eigenvalue weighted by atomic mass is 32.2. The van der Waals surface area contributed by atoms with Gasteiger partial charge in [-0.05, 0) is 61.7 Å². The molecule has 0 bridgehead atoms. The number of hydrogen-bond acceptors (Lipinski definition) is 7. The normalized spacial score (nSPS) is 22.3. The molecule has 2 aromatic rings. The minimum atomic E-state index is -3.60. The van der Waals surface area contributed by atoms with Crippen LogP contribution in [0.2, 0.25) is 0 Å². The van der Waals surface area contributed by atoms with Gasteiger partial charge >= 0.3 is 6.03 Å². The van der Waals surface area contributed by atoms with Gasteiger partial charge in [0.15, 0.2) is 17.3 Å². The number of nitrogens with one attached hydrogen (secondary N) is 1. The maximum absolute atomic E-state index is 13.2. The molecular formula is C23H23N3O7S. The predicted molar refractivity (Wildman–Crippen MR) is 119 cm³/mol. The Kier molecular flexibility index (Phi) is 5.33. The van der Waals surface area contributed by atoms with Crippen molar-refractivity contribution in [3.05, 3.63) is 53.6 Å². The van der Waals surface area contributed by atoms with Crippen LogP contribution in [0.5, 0.6) is 11.5 Å². The zero-order chi connectivity index (χ0) is 24.1. The number of fused-ring (bicyclic) bond motifs is 1. The second-order valence-corrected chi connectivity index (χ2v) is 10.5. The number of rotatable bonds is 6. The molecule has 1 atom stereocenters. The lowest BCUT2D eigenvalue weighted by Gasteiger charge is -2.22. The summed E-state index contributed by atoms with van der Waals surface area (Å²) in [6.07, 6.45) is 1.65. The average Bonchev–Trinajstić information content (AvgIpc) is 3.57. The van der Waals surface area contributed by atoms with Gasteiger partial charge in [0, 0.05) is 18.7 Å². The van der Waals surface area contributed by atoms with E-state index in [1.165, 1.54) is 28.6 Å². The number of Topliss-reactive ketones (excluding diaryl/α,β-unsaturated/α-hetero) is 1. The Morgan fingerprint density at radius 1 is 1.03 bits per heavy atom. The summed E-state index contributed by atoms with van der Waals surface area (Å²) in [5.41, 5.74) is -0.661. The molecule has 0 spiro atoms. The molecule has 0 unspecified atom stereocenters. The lowest BCUT2D eigenvalue weighted by Crippen LogP contribution is -2.41. The van der Waals surface area contributed by atoms with E-state index in [4.69, 9.17) is 9.47 Å². The van der Waals surface area contributed by atoms with Gasteiger partial charge in [-0.1, -0.05) is 6.07 Å². The molecule has 3 heterocycles. The van der Waals surface area contributed by atoms with Crippen LogP contribution < -0.4 is 14.8 Å². The maximum atomic E-state index is 13.2. The standard InChI is InChI=1S/C23H23N3O7S/c1-23(16-6-9-19-20(12-16)33-14-32-19)21(28)26(22(29)24-23)13-18(27)15-4-7-17(8-5-15)34(30,31)25-10-2-3-11-25/h4-9,12H,2-3,10-11,13-14H2,1H3,(H,24,29)/t23-/m0/s1. The van der Waals surface area contributed by atoms with Gasteiger partial charge in [-0.2, -0.15) is 4.31 Å². The number of nitrogens with zero attached hydrogens (tertiary/aromatic N) is 2. The monoisotopic (exact) mass is 485 g/mol. The van der Waals surface area contributed by atoms with Crippen LogP contribution in [0.1, 0.15) is 35.7 Å². The van der Waals surface area contributed by atoms with Crippen molar-refractivity contribution in [3.8, 4) is 11.5 Å². The van der Waals surface area contributed by atoms with Crippen LogP contribution in [0.3, 0.4) is 0 Å². The molecule has 0 aromatic heterocycles. The Morgan fingerprint density at radius 2 is 1.71 bits per heavy atom. The molecule has 178 valence electrons. The van der Waals surface area contributed by atoms with E-state index in [1.807, 2.05) is 0 Å². The number of amides is 3. The summed E-state index contributed by atoms with van der Waals surface area (Å²) >= 11 is 0. The van der Waals surface area contributed by atoms with Crippen molar-refractivity contribution in [1.29, 1.82) is 0 Å². The van der Waals surface area contributed by atoms with Crippen LogP contribution in [0.4, 0.5) is 4.79 Å². The first-order chi connectivity index (χ1) is 16.2. The molecule has 2 saturated heterocycles. The van der Waals surface area contributed by atoms with E-state index >= 15 is 0 Å². The fourth-order valence-electron chi connectivity index (χ4n) is 4.37. The molecule has 0 saturated carbocycles. The van der Waals surface area contributed by atoms with Crippen molar-refractivity contribution < 1.29 is 32.3 Å². The van der Waals surface area contributed by atoms with E-state index in [0.717, 1.165) is 17.7 Å². The molecule has 2 aromatic carbocycles. The molecule has 3 aliphatic heterocycles. The quantitative estimate of drug-likeness (QED) is 0.489. The molecule has 0 radical (unpaired) electrons. The molecule has 11 heteroatoms. The largest absolute Gasteiger partial charge is 0.454 e. The van der Waals surface area contributed by atoms with Gasteiger partial charge in [-0.15, -0.1) is 0 Å². The number of urea groups is 1. The van der Waals surface area contributed by atoms with Gasteiger partial charge in [0.1, 0.15) is 5.54 Å². The maximum Gasteiger partial charge on any atom is 0.325 e. The molecule has 10 nitrogen and oxygen atoms in total. The minimum absolute atomic E-state index is 0.0779. The molecule has 0 aliphatic carbocycles. The molecular weight excluding hydrogens is 462 g/mol. The number of sulfonamides is 1. The number of hydrogen-bond donors (Lipinski definition) is 1. The van der Waals surface area contributed by atoms with Gasteiger partial charge < -0.3 is 14.8 Å². The third-order valence-electron chi connectivity index (χ3n) is 6.41. The van der Waals surface area contributed by atoms with Gasteiger partial charge in [-0.25, -0.2) is 13.2 Å². The number of carbonyl (C=O) groups excluding carboxylic acids is 3. The van der Waals surface area contributed by atoms with Crippen LogP contribution in [-0.4, -0.2) is 61.8 Å². The molecule has 3 aliphatic rings. The smallest absolute Gasteiger partial charge is 0.325 e. The van der Waals surface area contributed by atoms with Crippen LogP contribution >= 0.6 is 0 Å². The van der Waals surface area contributed by atoms with Gasteiger partial charge in [-0.3, -0.25) is 14.5 Å². The number of benzene rings is 2. The number of imide groups is 1. The summed E-state index contributed by atoms with van der Waals surface area (Å²) in [5, 5.41) is 2.66. The van der Waals surface area contributed by atoms with E-state index in [2.05, 4.69) is 5.32 Å². The zero-order valence-electron chi connectivity index (χ0n) is 18.4. The predicted octanol–water partition coefficient (Wildman–Crippen LogP) is 1.85. The van der Waals surface area contributed by atoms with Crippen molar-refractivity contribution in [2.45, 2.75) is 30.2 Å². The lowest BCUT2D eigenvalue weighted by atomic mass is 9.91. The van der Waals surface area contributed by atoms with E-state index in [-0.39, 0.29) is 17.3 Å². The van der Waals surface area contributed by atoms with Gasteiger partial charge in [0.05, 0.1) is 11.4 Å². The van der Waals surface area contributed by atoms with E-state index in [1.54, 1.807) is 25.1 Å².